The molecule has 0 spiro atoms. The zero-order valence-corrected chi connectivity index (χ0v) is 11.8. The van der Waals surface area contributed by atoms with E-state index in [4.69, 9.17) is 9.47 Å². The van der Waals surface area contributed by atoms with Crippen LogP contribution < -0.4 is 0 Å². The van der Waals surface area contributed by atoms with Crippen molar-refractivity contribution in [1.29, 1.82) is 0 Å². The van der Waals surface area contributed by atoms with Gasteiger partial charge in [-0.1, -0.05) is 0 Å². The van der Waals surface area contributed by atoms with Crippen LogP contribution in [-0.2, 0) is 9.47 Å². The van der Waals surface area contributed by atoms with E-state index in [1.165, 1.54) is 0 Å². The summed E-state index contributed by atoms with van der Waals surface area (Å²) >= 11 is 0. The molecule has 0 saturated carbocycles. The van der Waals surface area contributed by atoms with Gasteiger partial charge in [-0.05, 0) is 32.6 Å². The Morgan fingerprint density at radius 3 is 2.32 bits per heavy atom. The van der Waals surface area contributed by atoms with E-state index in [2.05, 4.69) is 4.90 Å². The Labute approximate surface area is 115 Å². The van der Waals surface area contributed by atoms with Crippen molar-refractivity contribution in [2.75, 3.05) is 32.9 Å². The molecule has 2 rings (SSSR count). The van der Waals surface area contributed by atoms with Crippen LogP contribution in [0.1, 0.15) is 32.6 Å². The molecule has 0 amide bonds. The van der Waals surface area contributed by atoms with Gasteiger partial charge in [-0.3, -0.25) is 4.90 Å². The Morgan fingerprint density at radius 1 is 1.11 bits per heavy atom. The van der Waals surface area contributed by atoms with Gasteiger partial charge in [0, 0.05) is 44.7 Å². The van der Waals surface area contributed by atoms with Gasteiger partial charge in [0.25, 0.3) is 0 Å². The summed E-state index contributed by atoms with van der Waals surface area (Å²) in [6.45, 7) is 5.66. The molecule has 0 radical (unpaired) electrons. The molecule has 2 aliphatic rings. The molecular formula is C14H27NO4. The zero-order valence-electron chi connectivity index (χ0n) is 11.8. The van der Waals surface area contributed by atoms with E-state index in [1.807, 2.05) is 6.92 Å². The second-order valence-electron chi connectivity index (χ2n) is 5.58. The molecule has 2 atom stereocenters. The van der Waals surface area contributed by atoms with Crippen LogP contribution in [0.15, 0.2) is 0 Å². The Hall–Kier alpha value is -0.200. The maximum Gasteiger partial charge on any atom is 0.157 e. The summed E-state index contributed by atoms with van der Waals surface area (Å²) in [6.07, 6.45) is 2.68. The van der Waals surface area contributed by atoms with Crippen LogP contribution in [0.25, 0.3) is 0 Å². The first-order valence-electron chi connectivity index (χ1n) is 7.52. The molecule has 5 heteroatoms. The molecule has 2 aliphatic heterocycles. The number of likely N-dealkylation sites (tertiary alicyclic amines) is 1. The van der Waals surface area contributed by atoms with E-state index in [0.717, 1.165) is 52.0 Å². The van der Waals surface area contributed by atoms with Gasteiger partial charge >= 0.3 is 0 Å². The Kier molecular flexibility index (Phi) is 6.04. The smallest absolute Gasteiger partial charge is 0.157 e. The molecule has 0 bridgehead atoms. The normalized spacial score (nSPS) is 27.3. The van der Waals surface area contributed by atoms with E-state index in [1.54, 1.807) is 0 Å². The molecule has 5 nitrogen and oxygen atoms in total. The van der Waals surface area contributed by atoms with Crippen molar-refractivity contribution in [3.05, 3.63) is 0 Å². The van der Waals surface area contributed by atoms with Crippen LogP contribution >= 0.6 is 0 Å². The van der Waals surface area contributed by atoms with Gasteiger partial charge in [0.15, 0.2) is 6.29 Å². The summed E-state index contributed by atoms with van der Waals surface area (Å²) in [6, 6.07) is 0. The van der Waals surface area contributed by atoms with Crippen molar-refractivity contribution < 1.29 is 19.7 Å². The first kappa shape index (κ1) is 15.2. The number of piperidine rings is 1. The van der Waals surface area contributed by atoms with E-state index < -0.39 is 6.29 Å². The molecule has 0 aromatic heterocycles. The van der Waals surface area contributed by atoms with Crippen LogP contribution in [0.5, 0.6) is 0 Å². The summed E-state index contributed by atoms with van der Waals surface area (Å²) in [7, 11) is 0. The Morgan fingerprint density at radius 2 is 1.74 bits per heavy atom. The SMILES string of the molecule is CCOC(O)C1CCN(C(O)C2CCOCC2)CC1. The summed E-state index contributed by atoms with van der Waals surface area (Å²) in [5, 5.41) is 20.2. The maximum absolute atomic E-state index is 10.4. The lowest BCUT2D eigenvalue weighted by atomic mass is 9.92. The van der Waals surface area contributed by atoms with Gasteiger partial charge in [0.2, 0.25) is 0 Å². The molecule has 2 heterocycles. The molecule has 2 N–H and O–H groups in total. The van der Waals surface area contributed by atoms with Crippen molar-refractivity contribution >= 4 is 0 Å². The van der Waals surface area contributed by atoms with Gasteiger partial charge in [0.05, 0.1) is 0 Å². The van der Waals surface area contributed by atoms with E-state index in [9.17, 15) is 10.2 Å². The summed E-state index contributed by atoms with van der Waals surface area (Å²) in [4.78, 5) is 2.14. The van der Waals surface area contributed by atoms with Crippen LogP contribution in [0.3, 0.4) is 0 Å². The highest BCUT2D eigenvalue weighted by molar-refractivity contribution is 4.79. The largest absolute Gasteiger partial charge is 0.381 e. The molecule has 0 aromatic rings. The van der Waals surface area contributed by atoms with Gasteiger partial charge in [-0.25, -0.2) is 0 Å². The van der Waals surface area contributed by atoms with Crippen molar-refractivity contribution in [2.24, 2.45) is 11.8 Å². The summed E-state index contributed by atoms with van der Waals surface area (Å²) < 4.78 is 10.6. The molecule has 2 unspecified atom stereocenters. The molecule has 112 valence electrons. The number of rotatable bonds is 5. The highest BCUT2D eigenvalue weighted by atomic mass is 16.6. The topological polar surface area (TPSA) is 62.2 Å². The third-order valence-electron chi connectivity index (χ3n) is 4.38. The van der Waals surface area contributed by atoms with E-state index >= 15 is 0 Å². The van der Waals surface area contributed by atoms with Crippen molar-refractivity contribution in [2.45, 2.75) is 45.1 Å². The second kappa shape index (κ2) is 7.55. The fourth-order valence-corrected chi connectivity index (χ4v) is 3.09. The van der Waals surface area contributed by atoms with Gasteiger partial charge in [-0.15, -0.1) is 0 Å². The molecule has 2 fully saturated rings. The zero-order chi connectivity index (χ0) is 13.7. The first-order chi connectivity index (χ1) is 9.22. The lowest BCUT2D eigenvalue weighted by Crippen LogP contribution is -2.48. The predicted molar refractivity (Wildman–Crippen MR) is 71.5 cm³/mol. The lowest BCUT2D eigenvalue weighted by Gasteiger charge is -2.40. The number of nitrogens with zero attached hydrogens (tertiary/aromatic N) is 1. The predicted octanol–water partition coefficient (Wildman–Crippen LogP) is 0.798. The fourth-order valence-electron chi connectivity index (χ4n) is 3.09. The minimum absolute atomic E-state index is 0.207. The average Bonchev–Trinajstić information content (AvgIpc) is 2.48. The van der Waals surface area contributed by atoms with Gasteiger partial charge in [0.1, 0.15) is 6.23 Å². The van der Waals surface area contributed by atoms with E-state index in [-0.39, 0.29) is 12.1 Å². The minimum Gasteiger partial charge on any atom is -0.381 e. The number of aliphatic hydroxyl groups excluding tert-OH is 2. The third kappa shape index (κ3) is 4.13. The third-order valence-corrected chi connectivity index (χ3v) is 4.38. The highest BCUT2D eigenvalue weighted by Crippen LogP contribution is 2.27. The molecule has 0 aromatic carbocycles. The highest BCUT2D eigenvalue weighted by Gasteiger charge is 2.32. The van der Waals surface area contributed by atoms with Crippen molar-refractivity contribution in [3.8, 4) is 0 Å². The number of ether oxygens (including phenoxy) is 2. The quantitative estimate of drug-likeness (QED) is 0.726. The fraction of sp³-hybridized carbons (Fsp3) is 1.00. The number of hydrogen-bond donors (Lipinski definition) is 2. The Bertz CT molecular complexity index is 250. The number of aliphatic hydroxyl groups is 2. The average molecular weight is 273 g/mol. The Balaban J connectivity index is 1.75. The van der Waals surface area contributed by atoms with Crippen LogP contribution in [0, 0.1) is 11.8 Å². The van der Waals surface area contributed by atoms with E-state index in [0.29, 0.717) is 12.5 Å². The molecule has 19 heavy (non-hydrogen) atoms. The van der Waals surface area contributed by atoms with Crippen LogP contribution in [0.4, 0.5) is 0 Å². The maximum atomic E-state index is 10.4. The van der Waals surface area contributed by atoms with Gasteiger partial charge in [-0.2, -0.15) is 0 Å². The van der Waals surface area contributed by atoms with Crippen LogP contribution in [-0.4, -0.2) is 60.5 Å². The first-order valence-corrected chi connectivity index (χ1v) is 7.52. The summed E-state index contributed by atoms with van der Waals surface area (Å²) in [5.41, 5.74) is 0. The molecular weight excluding hydrogens is 246 g/mol. The standard InChI is InChI=1S/C14H27NO4/c1-2-19-14(17)12-3-7-15(8-4-12)13(16)11-5-9-18-10-6-11/h11-14,16-17H,2-10H2,1H3. The lowest BCUT2D eigenvalue weighted by molar-refractivity contribution is -0.152. The van der Waals surface area contributed by atoms with Crippen molar-refractivity contribution in [3.63, 3.8) is 0 Å². The minimum atomic E-state index is -0.646. The molecule has 0 aliphatic carbocycles. The monoisotopic (exact) mass is 273 g/mol. The second-order valence-corrected chi connectivity index (χ2v) is 5.58. The molecule has 2 saturated heterocycles. The summed E-state index contributed by atoms with van der Waals surface area (Å²) in [5.74, 6) is 0.542. The van der Waals surface area contributed by atoms with Crippen LogP contribution in [0.2, 0.25) is 0 Å². The van der Waals surface area contributed by atoms with Gasteiger partial charge < -0.3 is 19.7 Å². The number of hydrogen-bond acceptors (Lipinski definition) is 5. The van der Waals surface area contributed by atoms with Crippen molar-refractivity contribution in [1.82, 2.24) is 4.90 Å².